The van der Waals surface area contributed by atoms with E-state index in [9.17, 15) is 4.79 Å². The van der Waals surface area contributed by atoms with Crippen molar-refractivity contribution in [3.05, 3.63) is 24.0 Å². The van der Waals surface area contributed by atoms with E-state index in [4.69, 9.17) is 0 Å². The quantitative estimate of drug-likeness (QED) is 0.725. The maximum absolute atomic E-state index is 12.3. The number of nitrogens with one attached hydrogen (secondary N) is 2. The van der Waals surface area contributed by atoms with Gasteiger partial charge in [0.15, 0.2) is 0 Å². The third-order valence-electron chi connectivity index (χ3n) is 4.21. The molecule has 4 heteroatoms. The topological polar surface area (TPSA) is 57.8 Å². The monoisotopic (exact) mass is 227 g/mol. The maximum Gasteiger partial charge on any atom is 0.235 e. The molecule has 0 saturated heterocycles. The summed E-state index contributed by atoms with van der Waals surface area (Å²) in [5.41, 5.74) is 2.68. The fraction of sp³-hybridized carbons (Fsp3) is 0.385. The highest BCUT2D eigenvalue weighted by molar-refractivity contribution is 6.10. The molecular formula is C13H13N3O. The van der Waals surface area contributed by atoms with Gasteiger partial charge in [-0.05, 0) is 18.9 Å². The van der Waals surface area contributed by atoms with E-state index in [1.165, 1.54) is 5.56 Å². The Labute approximate surface area is 98.4 Å². The van der Waals surface area contributed by atoms with Crippen molar-refractivity contribution < 1.29 is 4.79 Å². The first kappa shape index (κ1) is 9.22. The van der Waals surface area contributed by atoms with Gasteiger partial charge in [-0.2, -0.15) is 0 Å². The van der Waals surface area contributed by atoms with Crippen molar-refractivity contribution in [1.82, 2.24) is 9.97 Å². The van der Waals surface area contributed by atoms with Crippen LogP contribution in [0.5, 0.6) is 0 Å². The molecule has 1 amide bonds. The van der Waals surface area contributed by atoms with Crippen LogP contribution in [0.4, 0.5) is 5.69 Å². The molecule has 0 unspecified atom stereocenters. The highest BCUT2D eigenvalue weighted by Crippen LogP contribution is 2.50. The molecule has 86 valence electrons. The van der Waals surface area contributed by atoms with Gasteiger partial charge in [0.1, 0.15) is 5.65 Å². The van der Waals surface area contributed by atoms with Crippen molar-refractivity contribution in [1.29, 1.82) is 0 Å². The average Bonchev–Trinajstić information content (AvgIpc) is 3.02. The lowest BCUT2D eigenvalue weighted by molar-refractivity contribution is -0.120. The third kappa shape index (κ3) is 0.983. The molecule has 1 aliphatic carbocycles. The molecule has 3 heterocycles. The molecular weight excluding hydrogens is 214 g/mol. The van der Waals surface area contributed by atoms with Gasteiger partial charge in [-0.25, -0.2) is 4.98 Å². The molecule has 17 heavy (non-hydrogen) atoms. The van der Waals surface area contributed by atoms with Gasteiger partial charge in [0, 0.05) is 17.1 Å². The molecule has 2 aromatic heterocycles. The summed E-state index contributed by atoms with van der Waals surface area (Å²) in [5.74, 6) is 0.167. The van der Waals surface area contributed by atoms with E-state index < -0.39 is 0 Å². The van der Waals surface area contributed by atoms with E-state index in [0.29, 0.717) is 0 Å². The van der Waals surface area contributed by atoms with Crippen LogP contribution in [0, 0.1) is 0 Å². The van der Waals surface area contributed by atoms with Crippen LogP contribution in [-0.4, -0.2) is 15.9 Å². The Bertz CT molecular complexity index is 623. The number of nitrogens with zero attached hydrogens (tertiary/aromatic N) is 1. The highest BCUT2D eigenvalue weighted by atomic mass is 16.2. The molecule has 1 aliphatic heterocycles. The van der Waals surface area contributed by atoms with Crippen LogP contribution < -0.4 is 5.32 Å². The van der Waals surface area contributed by atoms with E-state index in [-0.39, 0.29) is 11.3 Å². The van der Waals surface area contributed by atoms with Crippen LogP contribution in [0.25, 0.3) is 11.0 Å². The zero-order valence-electron chi connectivity index (χ0n) is 9.42. The number of amides is 1. The van der Waals surface area contributed by atoms with Crippen LogP contribution >= 0.6 is 0 Å². The van der Waals surface area contributed by atoms with Crippen molar-refractivity contribution >= 4 is 22.6 Å². The minimum Gasteiger partial charge on any atom is -0.346 e. The van der Waals surface area contributed by atoms with Crippen LogP contribution in [-0.2, 0) is 10.2 Å². The minimum atomic E-state index is -0.279. The molecule has 2 aliphatic rings. The summed E-state index contributed by atoms with van der Waals surface area (Å²) in [5, 5.41) is 4.10. The molecule has 4 nitrogen and oxygen atoms in total. The Morgan fingerprint density at radius 2 is 2.12 bits per heavy atom. The zero-order valence-corrected chi connectivity index (χ0v) is 9.42. The summed E-state index contributed by atoms with van der Waals surface area (Å²) in [4.78, 5) is 19.7. The number of anilines is 1. The van der Waals surface area contributed by atoms with E-state index in [1.54, 1.807) is 6.20 Å². The van der Waals surface area contributed by atoms with Crippen molar-refractivity contribution in [2.45, 2.75) is 31.1 Å². The predicted molar refractivity (Wildman–Crippen MR) is 64.9 cm³/mol. The lowest BCUT2D eigenvalue weighted by Crippen LogP contribution is -2.31. The van der Waals surface area contributed by atoms with Gasteiger partial charge >= 0.3 is 0 Å². The number of carbonyl (C=O) groups excluding carboxylic acids is 1. The number of carbonyl (C=O) groups is 1. The summed E-state index contributed by atoms with van der Waals surface area (Å²) >= 11 is 0. The SMILES string of the molecule is O=C1Nc2cnc3[nH]ccc3c2C12CCCC2. The minimum absolute atomic E-state index is 0.167. The Hall–Kier alpha value is -1.84. The second-order valence-electron chi connectivity index (χ2n) is 5.03. The number of rotatable bonds is 0. The Morgan fingerprint density at radius 1 is 1.29 bits per heavy atom. The molecule has 1 saturated carbocycles. The zero-order chi connectivity index (χ0) is 11.5. The summed E-state index contributed by atoms with van der Waals surface area (Å²) in [7, 11) is 0. The summed E-state index contributed by atoms with van der Waals surface area (Å²) in [6, 6.07) is 2.03. The number of hydrogen-bond acceptors (Lipinski definition) is 2. The summed E-state index contributed by atoms with van der Waals surface area (Å²) < 4.78 is 0. The van der Waals surface area contributed by atoms with Crippen molar-refractivity contribution in [3.8, 4) is 0 Å². The third-order valence-corrected chi connectivity index (χ3v) is 4.21. The largest absolute Gasteiger partial charge is 0.346 e. The summed E-state index contributed by atoms with van der Waals surface area (Å²) in [6.45, 7) is 0. The number of aromatic amines is 1. The van der Waals surface area contributed by atoms with E-state index in [2.05, 4.69) is 15.3 Å². The highest BCUT2D eigenvalue weighted by Gasteiger charge is 2.49. The maximum atomic E-state index is 12.3. The van der Waals surface area contributed by atoms with E-state index >= 15 is 0 Å². The standard InChI is InChI=1S/C13H13N3O/c17-12-13(4-1-2-5-13)10-8-3-6-14-11(8)15-7-9(10)16-12/h3,6-7H,1-2,4-5H2,(H,14,15)(H,16,17). The van der Waals surface area contributed by atoms with E-state index in [0.717, 1.165) is 42.4 Å². The molecule has 4 rings (SSSR count). The van der Waals surface area contributed by atoms with Crippen molar-refractivity contribution in [2.75, 3.05) is 5.32 Å². The first-order valence-electron chi connectivity index (χ1n) is 6.09. The predicted octanol–water partition coefficient (Wildman–Crippen LogP) is 2.33. The molecule has 0 atom stereocenters. The Morgan fingerprint density at radius 3 is 2.94 bits per heavy atom. The van der Waals surface area contributed by atoms with Crippen molar-refractivity contribution in [3.63, 3.8) is 0 Å². The fourth-order valence-electron chi connectivity index (χ4n) is 3.43. The Balaban J connectivity index is 2.09. The van der Waals surface area contributed by atoms with Crippen LogP contribution in [0.1, 0.15) is 31.2 Å². The fourth-order valence-corrected chi connectivity index (χ4v) is 3.43. The number of hydrogen-bond donors (Lipinski definition) is 2. The number of fused-ring (bicyclic) bond motifs is 4. The van der Waals surface area contributed by atoms with Crippen LogP contribution in [0.15, 0.2) is 18.5 Å². The lowest BCUT2D eigenvalue weighted by atomic mass is 9.79. The molecule has 0 aromatic carbocycles. The van der Waals surface area contributed by atoms with Gasteiger partial charge in [0.2, 0.25) is 5.91 Å². The van der Waals surface area contributed by atoms with Crippen molar-refractivity contribution in [2.24, 2.45) is 0 Å². The second-order valence-corrected chi connectivity index (χ2v) is 5.03. The molecule has 1 fully saturated rings. The number of H-pyrrole nitrogens is 1. The summed E-state index contributed by atoms with van der Waals surface area (Å²) in [6.07, 6.45) is 7.89. The van der Waals surface area contributed by atoms with Gasteiger partial charge in [-0.15, -0.1) is 0 Å². The Kier molecular flexibility index (Phi) is 1.56. The lowest BCUT2D eigenvalue weighted by Gasteiger charge is -2.21. The molecule has 0 bridgehead atoms. The number of aromatic nitrogens is 2. The van der Waals surface area contributed by atoms with Gasteiger partial charge in [0.05, 0.1) is 17.3 Å². The second kappa shape index (κ2) is 2.88. The molecule has 0 radical (unpaired) electrons. The number of pyridine rings is 1. The van der Waals surface area contributed by atoms with E-state index in [1.807, 2.05) is 12.3 Å². The van der Waals surface area contributed by atoms with Gasteiger partial charge in [-0.3, -0.25) is 4.79 Å². The molecule has 1 spiro atoms. The van der Waals surface area contributed by atoms with Gasteiger partial charge < -0.3 is 10.3 Å². The van der Waals surface area contributed by atoms with Gasteiger partial charge in [-0.1, -0.05) is 12.8 Å². The normalized spacial score (nSPS) is 21.1. The van der Waals surface area contributed by atoms with Gasteiger partial charge in [0.25, 0.3) is 0 Å². The average molecular weight is 227 g/mol. The van der Waals surface area contributed by atoms with Crippen LogP contribution in [0.3, 0.4) is 0 Å². The smallest absolute Gasteiger partial charge is 0.235 e. The molecule has 2 N–H and O–H groups in total. The van der Waals surface area contributed by atoms with Crippen LogP contribution in [0.2, 0.25) is 0 Å². The molecule has 2 aromatic rings. The first-order valence-corrected chi connectivity index (χ1v) is 6.09. The first-order chi connectivity index (χ1) is 8.31.